The lowest BCUT2D eigenvalue weighted by molar-refractivity contribution is 0.399. The highest BCUT2D eigenvalue weighted by atomic mass is 35.5. The van der Waals surface area contributed by atoms with Gasteiger partial charge in [0.05, 0.1) is 5.34 Å². The van der Waals surface area contributed by atoms with Crippen LogP contribution in [-0.2, 0) is 0 Å². The van der Waals surface area contributed by atoms with Crippen molar-refractivity contribution in [3.8, 4) is 0 Å². The molecule has 0 rings (SSSR count). The summed E-state index contributed by atoms with van der Waals surface area (Å²) in [6.45, 7) is 6.39. The molecule has 0 aliphatic carbocycles. The average molecular weight is 190 g/mol. The molecule has 0 saturated heterocycles. The minimum Gasteiger partial charge on any atom is -0.400 e. The summed E-state index contributed by atoms with van der Waals surface area (Å²) >= 11 is 9.53. The van der Waals surface area contributed by atoms with E-state index < -0.39 is 0 Å². The van der Waals surface area contributed by atoms with Crippen LogP contribution in [-0.4, -0.2) is 30.6 Å². The van der Waals surface area contributed by atoms with Crippen LogP contribution in [0.3, 0.4) is 0 Å². The van der Waals surface area contributed by atoms with Crippen molar-refractivity contribution in [2.75, 3.05) is 25.5 Å². The molecule has 0 radical (unpaired) electrons. The van der Waals surface area contributed by atoms with Crippen LogP contribution in [0.4, 0.5) is 0 Å². The number of rotatable bonds is 2. The van der Waals surface area contributed by atoms with Gasteiger partial charge in [-0.2, -0.15) is 0 Å². The fourth-order valence-electron chi connectivity index (χ4n) is 0.250. The minimum absolute atomic E-state index is 0.194. The molecule has 0 aromatic carbocycles. The SMILES string of the molecule is CCNCC.CO.ClCCl. The van der Waals surface area contributed by atoms with Crippen molar-refractivity contribution in [2.24, 2.45) is 0 Å². The van der Waals surface area contributed by atoms with E-state index in [0.29, 0.717) is 0 Å². The zero-order valence-corrected chi connectivity index (χ0v) is 8.34. The highest BCUT2D eigenvalue weighted by Crippen LogP contribution is 1.73. The first-order valence-corrected chi connectivity index (χ1v) is 4.17. The second-order valence-electron chi connectivity index (χ2n) is 1.06. The van der Waals surface area contributed by atoms with Crippen molar-refractivity contribution in [1.82, 2.24) is 5.32 Å². The van der Waals surface area contributed by atoms with Crippen molar-refractivity contribution in [3.05, 3.63) is 0 Å². The van der Waals surface area contributed by atoms with Crippen molar-refractivity contribution in [3.63, 3.8) is 0 Å². The van der Waals surface area contributed by atoms with Gasteiger partial charge in [-0.05, 0) is 13.1 Å². The molecule has 0 bridgehead atoms. The van der Waals surface area contributed by atoms with Crippen LogP contribution in [0.15, 0.2) is 0 Å². The van der Waals surface area contributed by atoms with Crippen LogP contribution < -0.4 is 5.32 Å². The van der Waals surface area contributed by atoms with Crippen molar-refractivity contribution in [1.29, 1.82) is 0 Å². The van der Waals surface area contributed by atoms with Crippen LogP contribution in [0, 0.1) is 0 Å². The number of hydrogen-bond donors (Lipinski definition) is 2. The highest BCUT2D eigenvalue weighted by Gasteiger charge is 1.62. The van der Waals surface area contributed by atoms with Gasteiger partial charge in [0.2, 0.25) is 0 Å². The maximum atomic E-state index is 7.00. The molecule has 0 aliphatic rings. The van der Waals surface area contributed by atoms with Crippen LogP contribution in [0.2, 0.25) is 0 Å². The lowest BCUT2D eigenvalue weighted by atomic mass is 10.7. The normalized spacial score (nSPS) is 6.60. The van der Waals surface area contributed by atoms with E-state index in [1.165, 1.54) is 0 Å². The first kappa shape index (κ1) is 16.8. The molecule has 2 N–H and O–H groups in total. The van der Waals surface area contributed by atoms with E-state index in [1.54, 1.807) is 0 Å². The molecule has 66 valence electrons. The van der Waals surface area contributed by atoms with Gasteiger partial charge in [-0.1, -0.05) is 13.8 Å². The van der Waals surface area contributed by atoms with Gasteiger partial charge in [-0.15, -0.1) is 23.2 Å². The van der Waals surface area contributed by atoms with E-state index >= 15 is 0 Å². The monoisotopic (exact) mass is 189 g/mol. The standard InChI is InChI=1S/C4H11N.CH2Cl2.CH4O/c1-3-5-4-2;2-1-3;1-2/h5H,3-4H2,1-2H3;1H2;2H,1H3. The van der Waals surface area contributed by atoms with E-state index in [2.05, 4.69) is 19.2 Å². The first-order chi connectivity index (χ1) is 4.83. The maximum Gasteiger partial charge on any atom is 0.0967 e. The first-order valence-electron chi connectivity index (χ1n) is 3.10. The fourth-order valence-corrected chi connectivity index (χ4v) is 0.250. The Morgan fingerprint density at radius 3 is 1.30 bits per heavy atom. The fraction of sp³-hybridized carbons (Fsp3) is 1.00. The quantitative estimate of drug-likeness (QED) is 0.649. The topological polar surface area (TPSA) is 32.3 Å². The summed E-state index contributed by atoms with van der Waals surface area (Å²) in [4.78, 5) is 0. The molecule has 10 heavy (non-hydrogen) atoms. The maximum absolute atomic E-state index is 7.00. The summed E-state index contributed by atoms with van der Waals surface area (Å²) in [5.41, 5.74) is 0. The van der Waals surface area contributed by atoms with E-state index in [-0.39, 0.29) is 5.34 Å². The Balaban J connectivity index is -0.0000000847. The van der Waals surface area contributed by atoms with Crippen LogP contribution in [0.1, 0.15) is 13.8 Å². The van der Waals surface area contributed by atoms with Gasteiger partial charge in [-0.25, -0.2) is 0 Å². The summed E-state index contributed by atoms with van der Waals surface area (Å²) < 4.78 is 0. The lowest BCUT2D eigenvalue weighted by Crippen LogP contribution is -2.09. The van der Waals surface area contributed by atoms with E-state index in [4.69, 9.17) is 28.3 Å². The zero-order valence-electron chi connectivity index (χ0n) is 6.82. The molecule has 0 atom stereocenters. The van der Waals surface area contributed by atoms with Crippen LogP contribution >= 0.6 is 23.2 Å². The van der Waals surface area contributed by atoms with Gasteiger partial charge in [0, 0.05) is 7.11 Å². The van der Waals surface area contributed by atoms with Crippen LogP contribution in [0.5, 0.6) is 0 Å². The molecule has 0 amide bonds. The van der Waals surface area contributed by atoms with Gasteiger partial charge >= 0.3 is 0 Å². The zero-order chi connectivity index (χ0) is 8.83. The Hall–Kier alpha value is 0.500. The van der Waals surface area contributed by atoms with Gasteiger partial charge in [0.1, 0.15) is 0 Å². The molecule has 0 unspecified atom stereocenters. The number of hydrogen-bond acceptors (Lipinski definition) is 2. The average Bonchev–Trinajstić information content (AvgIpc) is 1.96. The van der Waals surface area contributed by atoms with E-state index in [0.717, 1.165) is 20.2 Å². The lowest BCUT2D eigenvalue weighted by Gasteiger charge is -1.86. The molecule has 0 aliphatic heterocycles. The molecular formula is C6H17Cl2NO. The predicted octanol–water partition coefficient (Wildman–Crippen LogP) is 1.65. The summed E-state index contributed by atoms with van der Waals surface area (Å²) in [5, 5.41) is 10.3. The van der Waals surface area contributed by atoms with Gasteiger partial charge in [0.25, 0.3) is 0 Å². The van der Waals surface area contributed by atoms with Gasteiger partial charge < -0.3 is 10.4 Å². The molecule has 0 aromatic heterocycles. The molecule has 0 fully saturated rings. The van der Waals surface area contributed by atoms with Crippen LogP contribution in [0.25, 0.3) is 0 Å². The summed E-state index contributed by atoms with van der Waals surface area (Å²) in [7, 11) is 1.00. The largest absolute Gasteiger partial charge is 0.400 e. The number of aliphatic hydroxyl groups excluding tert-OH is 1. The number of nitrogens with one attached hydrogen (secondary N) is 1. The number of alkyl halides is 2. The Morgan fingerprint density at radius 1 is 1.10 bits per heavy atom. The van der Waals surface area contributed by atoms with E-state index in [9.17, 15) is 0 Å². The molecule has 0 aromatic rings. The second-order valence-corrected chi connectivity index (χ2v) is 1.87. The Morgan fingerprint density at radius 2 is 1.30 bits per heavy atom. The molecule has 0 spiro atoms. The van der Waals surface area contributed by atoms with Gasteiger partial charge in [-0.3, -0.25) is 0 Å². The van der Waals surface area contributed by atoms with Crippen molar-refractivity contribution >= 4 is 23.2 Å². The Bertz CT molecular complexity index is 29.7. The van der Waals surface area contributed by atoms with Gasteiger partial charge in [0.15, 0.2) is 0 Å². The summed E-state index contributed by atoms with van der Waals surface area (Å²) in [6, 6.07) is 0. The summed E-state index contributed by atoms with van der Waals surface area (Å²) in [6.07, 6.45) is 0. The minimum atomic E-state index is 0.194. The molecule has 2 nitrogen and oxygen atoms in total. The van der Waals surface area contributed by atoms with Crippen molar-refractivity contribution in [2.45, 2.75) is 13.8 Å². The third-order valence-electron chi connectivity index (χ3n) is 0.500. The van der Waals surface area contributed by atoms with Crippen molar-refractivity contribution < 1.29 is 5.11 Å². The molecule has 0 saturated carbocycles. The second kappa shape index (κ2) is 33.9. The third-order valence-corrected chi connectivity index (χ3v) is 0.500. The number of halogens is 2. The molecular weight excluding hydrogens is 173 g/mol. The smallest absolute Gasteiger partial charge is 0.0967 e. The highest BCUT2D eigenvalue weighted by molar-refractivity contribution is 6.40. The predicted molar refractivity (Wildman–Crippen MR) is 48.9 cm³/mol. The number of aliphatic hydroxyl groups is 1. The van der Waals surface area contributed by atoms with E-state index in [1.807, 2.05) is 0 Å². The Kier molecular flexibility index (Phi) is 57.1. The summed E-state index contributed by atoms with van der Waals surface area (Å²) in [5.74, 6) is 0. The Labute approximate surface area is 73.5 Å². The molecule has 4 heteroatoms. The molecule has 0 heterocycles. The third kappa shape index (κ3) is 76.5.